The summed E-state index contributed by atoms with van der Waals surface area (Å²) < 4.78 is 0. The third kappa shape index (κ3) is 9.65. The van der Waals surface area contributed by atoms with E-state index in [1.165, 1.54) is 0 Å². The van der Waals surface area contributed by atoms with E-state index in [1.807, 2.05) is 60.7 Å². The van der Waals surface area contributed by atoms with Gasteiger partial charge in [-0.3, -0.25) is 28.9 Å². The average Bonchev–Trinajstić information content (AvgIpc) is 3.42. The number of nitrogens with zero attached hydrogens (tertiary/aromatic N) is 1. The highest BCUT2D eigenvalue weighted by atomic mass is 16.7. The number of rotatable bonds is 14. The molecule has 0 radical (unpaired) electrons. The third-order valence-electron chi connectivity index (χ3n) is 5.74. The topological polar surface area (TPSA) is 139 Å². The Bertz CT molecular complexity index is 1240. The lowest BCUT2D eigenvalue weighted by Crippen LogP contribution is -2.47. The van der Waals surface area contributed by atoms with Gasteiger partial charge < -0.3 is 4.98 Å². The minimum atomic E-state index is -1.06. The molecular formula is C31H38N4O6. The van der Waals surface area contributed by atoms with Gasteiger partial charge in [0.05, 0.1) is 17.5 Å². The Morgan fingerprint density at radius 1 is 0.707 bits per heavy atom. The van der Waals surface area contributed by atoms with Gasteiger partial charge in [-0.15, -0.1) is 0 Å². The molecule has 10 heteroatoms. The van der Waals surface area contributed by atoms with Crippen LogP contribution >= 0.6 is 0 Å². The van der Waals surface area contributed by atoms with Crippen molar-refractivity contribution < 1.29 is 28.9 Å². The van der Waals surface area contributed by atoms with Crippen LogP contribution in [0.1, 0.15) is 73.6 Å². The fourth-order valence-corrected chi connectivity index (χ4v) is 3.77. The highest BCUT2D eigenvalue weighted by Crippen LogP contribution is 2.15. The monoisotopic (exact) mass is 562 g/mol. The van der Waals surface area contributed by atoms with E-state index in [0.29, 0.717) is 0 Å². The van der Waals surface area contributed by atoms with Crippen molar-refractivity contribution in [3.63, 3.8) is 0 Å². The molecule has 3 N–H and O–H groups in total. The highest BCUT2D eigenvalue weighted by Gasteiger charge is 2.36. The average molecular weight is 563 g/mol. The number of carbonyl (C=O) groups excluding carboxylic acids is 4. The molecule has 0 bridgehead atoms. The first-order valence-electron chi connectivity index (χ1n) is 13.4. The van der Waals surface area contributed by atoms with E-state index in [1.54, 1.807) is 41.5 Å². The normalized spacial score (nSPS) is 13.4. The molecular weight excluding hydrogens is 524 g/mol. The Morgan fingerprint density at radius 2 is 1.12 bits per heavy atom. The second kappa shape index (κ2) is 13.7. The molecule has 0 aliphatic rings. The number of aromatic nitrogens is 2. The fourth-order valence-electron chi connectivity index (χ4n) is 3.77. The zero-order valence-corrected chi connectivity index (χ0v) is 24.3. The third-order valence-corrected chi connectivity index (χ3v) is 5.74. The number of Topliss-reactive ketones (excluding diaryl/α,β-unsaturated/α-hetero) is 4. The number of hydrogen-bond acceptors (Lipinski definition) is 9. The van der Waals surface area contributed by atoms with Crippen molar-refractivity contribution >= 4 is 23.1 Å². The molecule has 218 valence electrons. The summed E-state index contributed by atoms with van der Waals surface area (Å²) in [6, 6.07) is 16.2. The number of carbonyl (C=O) groups is 4. The summed E-state index contributed by atoms with van der Waals surface area (Å²) in [5.41, 5.74) is 4.94. The molecule has 0 amide bonds. The van der Waals surface area contributed by atoms with Crippen molar-refractivity contribution in [1.29, 1.82) is 0 Å². The maximum absolute atomic E-state index is 13.4. The predicted octanol–water partition coefficient (Wildman–Crippen LogP) is 3.78. The molecule has 3 aromatic rings. The van der Waals surface area contributed by atoms with Crippen molar-refractivity contribution in [3.05, 3.63) is 89.5 Å². The largest absolute Gasteiger partial charge is 0.341 e. The Kier molecular flexibility index (Phi) is 10.6. The van der Waals surface area contributed by atoms with E-state index in [-0.39, 0.29) is 18.5 Å². The molecule has 0 saturated heterocycles. The van der Waals surface area contributed by atoms with Crippen molar-refractivity contribution in [2.45, 2.75) is 77.7 Å². The van der Waals surface area contributed by atoms with Gasteiger partial charge in [0.2, 0.25) is 17.3 Å². The van der Waals surface area contributed by atoms with Gasteiger partial charge in [-0.25, -0.2) is 4.98 Å². The zero-order chi connectivity index (χ0) is 30.2. The Morgan fingerprint density at radius 3 is 1.54 bits per heavy atom. The molecule has 0 saturated carbocycles. The second-order valence-corrected chi connectivity index (χ2v) is 11.7. The molecule has 3 rings (SSSR count). The standard InChI is InChI=1S/C31H38N4O6/c1-30(2,3)40-34-22(17-20-13-9-7-10-14-20)26(36)28(38)24-25(33-19-32-24)29(39)27(37)23(35-41-31(4,5)6)18-21-15-11-8-12-16-21/h7-16,19,22-23,34-35H,17-18H2,1-6H3,(H,32,33)/t22-,23-/m0/s1. The van der Waals surface area contributed by atoms with Crippen molar-refractivity contribution in [1.82, 2.24) is 20.9 Å². The van der Waals surface area contributed by atoms with Gasteiger partial charge in [0.25, 0.3) is 5.78 Å². The summed E-state index contributed by atoms with van der Waals surface area (Å²) in [7, 11) is 0. The van der Waals surface area contributed by atoms with Crippen LogP contribution < -0.4 is 11.0 Å². The number of benzene rings is 2. The Hall–Kier alpha value is -3.83. The number of H-pyrrole nitrogens is 1. The molecule has 0 aliphatic carbocycles. The summed E-state index contributed by atoms with van der Waals surface area (Å²) >= 11 is 0. The van der Waals surface area contributed by atoms with Crippen molar-refractivity contribution in [2.75, 3.05) is 0 Å². The molecule has 0 fully saturated rings. The van der Waals surface area contributed by atoms with Gasteiger partial charge >= 0.3 is 0 Å². The molecule has 0 unspecified atom stereocenters. The molecule has 0 aliphatic heterocycles. The van der Waals surface area contributed by atoms with Crippen LogP contribution in [0.4, 0.5) is 0 Å². The fraction of sp³-hybridized carbons (Fsp3) is 0.387. The van der Waals surface area contributed by atoms with Gasteiger partial charge in [-0.1, -0.05) is 60.7 Å². The molecule has 1 aromatic heterocycles. The Balaban J connectivity index is 1.85. The first kappa shape index (κ1) is 31.7. The van der Waals surface area contributed by atoms with Gasteiger partial charge in [-0.05, 0) is 65.5 Å². The lowest BCUT2D eigenvalue weighted by molar-refractivity contribution is -0.129. The van der Waals surface area contributed by atoms with Gasteiger partial charge in [-0.2, -0.15) is 11.0 Å². The van der Waals surface area contributed by atoms with E-state index in [0.717, 1.165) is 17.5 Å². The number of aromatic amines is 1. The summed E-state index contributed by atoms with van der Waals surface area (Å²) in [6.07, 6.45) is 1.42. The lowest BCUT2D eigenvalue weighted by Gasteiger charge is -2.24. The molecule has 1 heterocycles. The van der Waals surface area contributed by atoms with Gasteiger partial charge in [0.15, 0.2) is 0 Å². The van der Waals surface area contributed by atoms with Gasteiger partial charge in [0.1, 0.15) is 23.5 Å². The zero-order valence-electron chi connectivity index (χ0n) is 24.3. The summed E-state index contributed by atoms with van der Waals surface area (Å²) in [6.45, 7) is 10.8. The van der Waals surface area contributed by atoms with Crippen molar-refractivity contribution in [3.8, 4) is 0 Å². The van der Waals surface area contributed by atoms with Crippen LogP contribution in [-0.4, -0.2) is 56.4 Å². The molecule has 2 atom stereocenters. The smallest absolute Gasteiger partial charge is 0.251 e. The van der Waals surface area contributed by atoms with E-state index in [2.05, 4.69) is 20.9 Å². The van der Waals surface area contributed by atoms with Crippen LogP contribution in [0, 0.1) is 0 Å². The maximum Gasteiger partial charge on any atom is 0.251 e. The molecule has 2 aromatic carbocycles. The van der Waals surface area contributed by atoms with E-state index in [9.17, 15) is 19.2 Å². The quantitative estimate of drug-likeness (QED) is 0.152. The lowest BCUT2D eigenvalue weighted by atomic mass is 9.96. The first-order valence-corrected chi connectivity index (χ1v) is 13.4. The van der Waals surface area contributed by atoms with Gasteiger partial charge in [0, 0.05) is 0 Å². The minimum absolute atomic E-state index is 0.154. The van der Waals surface area contributed by atoms with Crippen LogP contribution in [0.5, 0.6) is 0 Å². The number of hydrogen-bond donors (Lipinski definition) is 3. The SMILES string of the molecule is CC(C)(C)ON[C@@H](Cc1ccccc1)C(=O)C(=O)c1nc[nH]c1C(=O)C(=O)[C@H](Cc1ccccc1)NOC(C)(C)C. The second-order valence-electron chi connectivity index (χ2n) is 11.7. The number of ketones is 4. The minimum Gasteiger partial charge on any atom is -0.341 e. The first-order chi connectivity index (χ1) is 19.2. The van der Waals surface area contributed by atoms with Crippen LogP contribution in [-0.2, 0) is 32.1 Å². The van der Waals surface area contributed by atoms with Crippen LogP contribution in [0.25, 0.3) is 0 Å². The van der Waals surface area contributed by atoms with Crippen LogP contribution in [0.2, 0.25) is 0 Å². The maximum atomic E-state index is 13.4. The Labute approximate surface area is 240 Å². The summed E-state index contributed by atoms with van der Waals surface area (Å²) in [5, 5.41) is 0. The van der Waals surface area contributed by atoms with E-state index < -0.39 is 52.1 Å². The van der Waals surface area contributed by atoms with Crippen LogP contribution in [0.15, 0.2) is 67.0 Å². The van der Waals surface area contributed by atoms with E-state index >= 15 is 0 Å². The number of imidazole rings is 1. The summed E-state index contributed by atoms with van der Waals surface area (Å²) in [4.78, 5) is 71.4. The number of hydroxylamine groups is 2. The van der Waals surface area contributed by atoms with E-state index in [4.69, 9.17) is 9.68 Å². The highest BCUT2D eigenvalue weighted by molar-refractivity contribution is 6.50. The summed E-state index contributed by atoms with van der Waals surface area (Å²) in [5.74, 6) is -3.73. The predicted molar refractivity (Wildman–Crippen MR) is 153 cm³/mol. The van der Waals surface area contributed by atoms with Crippen molar-refractivity contribution in [2.24, 2.45) is 0 Å². The van der Waals surface area contributed by atoms with Crippen LogP contribution in [0.3, 0.4) is 0 Å². The molecule has 10 nitrogen and oxygen atoms in total. The molecule has 41 heavy (non-hydrogen) atoms. The molecule has 0 spiro atoms. The number of nitrogens with one attached hydrogen (secondary N) is 3.